The number of carbonyl (C=O) groups is 1. The van der Waals surface area contributed by atoms with Crippen molar-refractivity contribution >= 4 is 16.7 Å². The maximum atomic E-state index is 12.3. The average molecular weight is 330 g/mol. The maximum absolute atomic E-state index is 12.3. The molecule has 0 saturated heterocycles. The first-order valence-electron chi connectivity index (χ1n) is 8.02. The van der Waals surface area contributed by atoms with Crippen molar-refractivity contribution in [3.05, 3.63) is 70.3 Å². The van der Waals surface area contributed by atoms with Crippen LogP contribution in [0.25, 0.3) is 10.9 Å². The number of Topliss-reactive ketones (excluding diaryl/α,β-unsaturated/α-hetero) is 1. The summed E-state index contributed by atoms with van der Waals surface area (Å²) in [6.07, 6.45) is 0. The number of fused-ring (bicyclic) bond motifs is 1. The molecular formula is C21H18N2O2. The van der Waals surface area contributed by atoms with Gasteiger partial charge in [-0.3, -0.25) is 4.79 Å². The summed E-state index contributed by atoms with van der Waals surface area (Å²) in [6.45, 7) is 5.84. The Hall–Kier alpha value is -3.19. The largest absolute Gasteiger partial charge is 0.468 e. The van der Waals surface area contributed by atoms with Crippen LogP contribution in [0.2, 0.25) is 0 Å². The standard InChI is InChI=1S/C21H18N2O2/c1-13-4-6-16(7-5-13)20(24)12-25-21-18(11-22)10-17-8-14(2)15(3)9-19(17)23-21/h4-10H,12H2,1-3H3. The van der Waals surface area contributed by atoms with Crippen LogP contribution < -0.4 is 4.74 Å². The van der Waals surface area contributed by atoms with Gasteiger partial charge in [-0.25, -0.2) is 4.98 Å². The molecule has 0 saturated carbocycles. The van der Waals surface area contributed by atoms with Gasteiger partial charge in [-0.2, -0.15) is 5.26 Å². The van der Waals surface area contributed by atoms with E-state index in [1.165, 1.54) is 0 Å². The lowest BCUT2D eigenvalue weighted by Crippen LogP contribution is -2.13. The Balaban J connectivity index is 1.87. The molecule has 0 N–H and O–H groups in total. The number of nitriles is 1. The fourth-order valence-electron chi connectivity index (χ4n) is 2.57. The number of nitrogens with zero attached hydrogens (tertiary/aromatic N) is 2. The van der Waals surface area contributed by atoms with Crippen molar-refractivity contribution in [2.75, 3.05) is 6.61 Å². The summed E-state index contributed by atoms with van der Waals surface area (Å²) in [7, 11) is 0. The van der Waals surface area contributed by atoms with Gasteiger partial charge in [0.25, 0.3) is 0 Å². The van der Waals surface area contributed by atoms with Gasteiger partial charge >= 0.3 is 0 Å². The second-order valence-corrected chi connectivity index (χ2v) is 6.16. The van der Waals surface area contributed by atoms with E-state index in [1.54, 1.807) is 18.2 Å². The van der Waals surface area contributed by atoms with Gasteiger partial charge in [0, 0.05) is 10.9 Å². The van der Waals surface area contributed by atoms with Crippen molar-refractivity contribution in [1.82, 2.24) is 4.98 Å². The minimum absolute atomic E-state index is 0.147. The fraction of sp³-hybridized carbons (Fsp3) is 0.190. The van der Waals surface area contributed by atoms with Crippen LogP contribution in [-0.2, 0) is 0 Å². The van der Waals surface area contributed by atoms with E-state index >= 15 is 0 Å². The van der Waals surface area contributed by atoms with E-state index in [-0.39, 0.29) is 18.3 Å². The normalized spacial score (nSPS) is 10.5. The first-order chi connectivity index (χ1) is 12.0. The Kier molecular flexibility index (Phi) is 4.49. The molecule has 1 aromatic heterocycles. The van der Waals surface area contributed by atoms with Crippen LogP contribution in [0.4, 0.5) is 0 Å². The van der Waals surface area contributed by atoms with E-state index in [0.717, 1.165) is 27.6 Å². The summed E-state index contributed by atoms with van der Waals surface area (Å²) in [5, 5.41) is 10.2. The molecule has 0 fully saturated rings. The van der Waals surface area contributed by atoms with Crippen LogP contribution in [0.5, 0.6) is 5.88 Å². The van der Waals surface area contributed by atoms with Crippen molar-refractivity contribution in [2.24, 2.45) is 0 Å². The van der Waals surface area contributed by atoms with Gasteiger partial charge in [0.2, 0.25) is 5.88 Å². The molecule has 1 heterocycles. The van der Waals surface area contributed by atoms with Crippen LogP contribution in [0.3, 0.4) is 0 Å². The Morgan fingerprint density at radius 3 is 2.44 bits per heavy atom. The first kappa shape index (κ1) is 16.7. The SMILES string of the molecule is Cc1ccc(C(=O)COc2nc3cc(C)c(C)cc3cc2C#N)cc1. The summed E-state index contributed by atoms with van der Waals surface area (Å²) in [5.74, 6) is 0.0459. The summed E-state index contributed by atoms with van der Waals surface area (Å²) in [4.78, 5) is 16.7. The molecular weight excluding hydrogens is 312 g/mol. The summed E-state index contributed by atoms with van der Waals surface area (Å²) >= 11 is 0. The van der Waals surface area contributed by atoms with Gasteiger partial charge in [0.05, 0.1) is 5.52 Å². The van der Waals surface area contributed by atoms with Crippen LogP contribution in [0.15, 0.2) is 42.5 Å². The first-order valence-corrected chi connectivity index (χ1v) is 8.02. The molecule has 0 bridgehead atoms. The molecule has 0 aliphatic heterocycles. The number of carbonyl (C=O) groups excluding carboxylic acids is 1. The summed E-state index contributed by atoms with van der Waals surface area (Å²) < 4.78 is 5.57. The number of hydrogen-bond acceptors (Lipinski definition) is 4. The highest BCUT2D eigenvalue weighted by molar-refractivity contribution is 5.97. The lowest BCUT2D eigenvalue weighted by Gasteiger charge is -2.09. The maximum Gasteiger partial charge on any atom is 0.232 e. The van der Waals surface area contributed by atoms with Gasteiger partial charge in [0.1, 0.15) is 11.6 Å². The van der Waals surface area contributed by atoms with Gasteiger partial charge in [0.15, 0.2) is 12.4 Å². The van der Waals surface area contributed by atoms with Crippen LogP contribution in [0, 0.1) is 32.1 Å². The Morgan fingerprint density at radius 1 is 1.08 bits per heavy atom. The predicted molar refractivity (Wildman–Crippen MR) is 96.9 cm³/mol. The topological polar surface area (TPSA) is 63.0 Å². The number of aryl methyl sites for hydroxylation is 3. The average Bonchev–Trinajstić information content (AvgIpc) is 2.60. The molecule has 0 atom stereocenters. The Bertz CT molecular complexity index is 999. The third-order valence-electron chi connectivity index (χ3n) is 4.23. The lowest BCUT2D eigenvalue weighted by molar-refractivity contribution is 0.0918. The van der Waals surface area contributed by atoms with E-state index in [1.807, 2.05) is 45.0 Å². The summed E-state index contributed by atoms with van der Waals surface area (Å²) in [6, 6.07) is 15.1. The molecule has 0 unspecified atom stereocenters. The molecule has 2 aromatic carbocycles. The Morgan fingerprint density at radius 2 is 1.76 bits per heavy atom. The number of hydrogen-bond donors (Lipinski definition) is 0. The van der Waals surface area contributed by atoms with E-state index in [2.05, 4.69) is 11.1 Å². The Labute approximate surface area is 146 Å². The predicted octanol–water partition coefficient (Wildman–Crippen LogP) is 4.29. The number of pyridine rings is 1. The molecule has 4 heteroatoms. The van der Waals surface area contributed by atoms with Crippen molar-refractivity contribution in [3.8, 4) is 11.9 Å². The number of ketones is 1. The summed E-state index contributed by atoms with van der Waals surface area (Å²) in [5.41, 5.74) is 5.00. The highest BCUT2D eigenvalue weighted by atomic mass is 16.5. The molecule has 0 amide bonds. The van der Waals surface area contributed by atoms with Crippen molar-refractivity contribution < 1.29 is 9.53 Å². The number of aromatic nitrogens is 1. The zero-order chi connectivity index (χ0) is 18.0. The second kappa shape index (κ2) is 6.74. The van der Waals surface area contributed by atoms with Crippen molar-refractivity contribution in [3.63, 3.8) is 0 Å². The number of benzene rings is 2. The number of rotatable bonds is 4. The highest BCUT2D eigenvalue weighted by Crippen LogP contribution is 2.24. The van der Waals surface area contributed by atoms with Crippen molar-refractivity contribution in [2.45, 2.75) is 20.8 Å². The molecule has 3 rings (SSSR count). The monoisotopic (exact) mass is 330 g/mol. The molecule has 124 valence electrons. The molecule has 4 nitrogen and oxygen atoms in total. The van der Waals surface area contributed by atoms with Crippen LogP contribution in [-0.4, -0.2) is 17.4 Å². The van der Waals surface area contributed by atoms with E-state index in [0.29, 0.717) is 11.1 Å². The zero-order valence-electron chi connectivity index (χ0n) is 14.5. The smallest absolute Gasteiger partial charge is 0.232 e. The number of ether oxygens (including phenoxy) is 1. The van der Waals surface area contributed by atoms with Crippen LogP contribution in [0.1, 0.15) is 32.6 Å². The highest BCUT2D eigenvalue weighted by Gasteiger charge is 2.12. The molecule has 25 heavy (non-hydrogen) atoms. The van der Waals surface area contributed by atoms with E-state index in [4.69, 9.17) is 4.74 Å². The van der Waals surface area contributed by atoms with Gasteiger partial charge in [-0.15, -0.1) is 0 Å². The minimum atomic E-state index is -0.152. The minimum Gasteiger partial charge on any atom is -0.468 e. The molecule has 3 aromatic rings. The van der Waals surface area contributed by atoms with E-state index < -0.39 is 0 Å². The molecule has 0 radical (unpaired) electrons. The quantitative estimate of drug-likeness (QED) is 0.669. The van der Waals surface area contributed by atoms with Crippen molar-refractivity contribution in [1.29, 1.82) is 5.26 Å². The second-order valence-electron chi connectivity index (χ2n) is 6.16. The molecule has 0 aliphatic carbocycles. The van der Waals surface area contributed by atoms with Gasteiger partial charge in [-0.05, 0) is 50.1 Å². The fourth-order valence-corrected chi connectivity index (χ4v) is 2.57. The van der Waals surface area contributed by atoms with Gasteiger partial charge in [-0.1, -0.05) is 29.8 Å². The third kappa shape index (κ3) is 3.51. The molecule has 0 spiro atoms. The lowest BCUT2D eigenvalue weighted by atomic mass is 10.1. The van der Waals surface area contributed by atoms with E-state index in [9.17, 15) is 10.1 Å². The molecule has 0 aliphatic rings. The van der Waals surface area contributed by atoms with Gasteiger partial charge < -0.3 is 4.74 Å². The van der Waals surface area contributed by atoms with Crippen LogP contribution >= 0.6 is 0 Å². The third-order valence-corrected chi connectivity index (χ3v) is 4.23. The zero-order valence-corrected chi connectivity index (χ0v) is 14.5.